The molecule has 0 saturated carbocycles. The number of hydrogen-bond acceptors (Lipinski definition) is 4. The Labute approximate surface area is 128 Å². The fraction of sp³-hybridized carbons (Fsp3) is 0.471. The van der Waals surface area contributed by atoms with Crippen molar-refractivity contribution >= 4 is 6.29 Å². The number of benzene rings is 1. The van der Waals surface area contributed by atoms with Crippen molar-refractivity contribution in [3.05, 3.63) is 48.6 Å². The number of aldehydes is 1. The molecule has 0 aromatic heterocycles. The summed E-state index contributed by atoms with van der Waals surface area (Å²) in [7, 11) is 0. The van der Waals surface area contributed by atoms with Crippen LogP contribution in [-0.4, -0.2) is 30.9 Å². The van der Waals surface area contributed by atoms with Crippen LogP contribution >= 0.6 is 0 Å². The van der Waals surface area contributed by atoms with Gasteiger partial charge in [0, 0.05) is 18.8 Å². The van der Waals surface area contributed by atoms with Crippen LogP contribution in [-0.2, 0) is 9.47 Å². The number of carbonyl (C=O) groups is 1. The SMILES string of the molecule is C=C.CC(O)c1ccc(C=O)cc1.CCOC(C)OCC. The Hall–Kier alpha value is -1.49. The van der Waals surface area contributed by atoms with E-state index in [-0.39, 0.29) is 6.29 Å². The van der Waals surface area contributed by atoms with Gasteiger partial charge in [0.1, 0.15) is 6.29 Å². The molecule has 1 rings (SSSR count). The highest BCUT2D eigenvalue weighted by atomic mass is 16.7. The summed E-state index contributed by atoms with van der Waals surface area (Å²) in [5, 5.41) is 9.10. The highest BCUT2D eigenvalue weighted by Gasteiger charge is 1.98. The van der Waals surface area contributed by atoms with Crippen LogP contribution in [0.5, 0.6) is 0 Å². The van der Waals surface area contributed by atoms with Crippen molar-refractivity contribution in [3.63, 3.8) is 0 Å². The average Bonchev–Trinajstić information content (AvgIpc) is 2.50. The maximum absolute atomic E-state index is 10.2. The van der Waals surface area contributed by atoms with E-state index in [1.807, 2.05) is 20.8 Å². The van der Waals surface area contributed by atoms with E-state index in [1.165, 1.54) is 0 Å². The van der Waals surface area contributed by atoms with Crippen molar-refractivity contribution in [1.82, 2.24) is 0 Å². The maximum Gasteiger partial charge on any atom is 0.154 e. The predicted molar refractivity (Wildman–Crippen MR) is 86.4 cm³/mol. The second-order valence-electron chi connectivity index (χ2n) is 3.94. The fourth-order valence-corrected chi connectivity index (χ4v) is 1.37. The van der Waals surface area contributed by atoms with Crippen LogP contribution in [0.15, 0.2) is 37.4 Å². The van der Waals surface area contributed by atoms with E-state index < -0.39 is 6.10 Å². The quantitative estimate of drug-likeness (QED) is 0.493. The zero-order valence-electron chi connectivity index (χ0n) is 13.5. The lowest BCUT2D eigenvalue weighted by Crippen LogP contribution is -2.11. The van der Waals surface area contributed by atoms with Crippen molar-refractivity contribution in [3.8, 4) is 0 Å². The van der Waals surface area contributed by atoms with E-state index in [0.29, 0.717) is 5.56 Å². The van der Waals surface area contributed by atoms with E-state index in [9.17, 15) is 4.79 Å². The first-order valence-corrected chi connectivity index (χ1v) is 7.01. The number of hydrogen-bond donors (Lipinski definition) is 1. The van der Waals surface area contributed by atoms with Crippen LogP contribution in [0.4, 0.5) is 0 Å². The molecule has 0 aliphatic rings. The second-order valence-corrected chi connectivity index (χ2v) is 3.94. The number of rotatable bonds is 6. The Bertz CT molecular complexity index is 340. The molecular weight excluding hydrogens is 268 g/mol. The Balaban J connectivity index is 0. The molecule has 1 aromatic carbocycles. The Morgan fingerprint density at radius 1 is 1.10 bits per heavy atom. The third-order valence-electron chi connectivity index (χ3n) is 2.36. The van der Waals surface area contributed by atoms with Gasteiger partial charge in [-0.3, -0.25) is 4.79 Å². The molecule has 0 fully saturated rings. The van der Waals surface area contributed by atoms with E-state index in [2.05, 4.69) is 13.2 Å². The molecule has 4 heteroatoms. The minimum Gasteiger partial charge on any atom is -0.389 e. The number of aliphatic hydroxyl groups is 1. The van der Waals surface area contributed by atoms with Gasteiger partial charge in [-0.05, 0) is 33.3 Å². The fourth-order valence-electron chi connectivity index (χ4n) is 1.37. The lowest BCUT2D eigenvalue weighted by atomic mass is 10.1. The molecule has 0 aliphatic heterocycles. The van der Waals surface area contributed by atoms with Gasteiger partial charge in [-0.1, -0.05) is 24.3 Å². The summed E-state index contributed by atoms with van der Waals surface area (Å²) >= 11 is 0. The predicted octanol–water partition coefficient (Wildman–Crippen LogP) is 3.76. The molecule has 21 heavy (non-hydrogen) atoms. The maximum atomic E-state index is 10.2. The molecule has 0 spiro atoms. The van der Waals surface area contributed by atoms with E-state index in [0.717, 1.165) is 25.1 Å². The standard InChI is InChI=1S/C9H10O2.C6H14O2.C2H4/c1-7(11)9-4-2-8(6-10)3-5-9;1-4-7-6(3)8-5-2;1-2/h2-7,11H,1H3;6H,4-5H2,1-3H3;1-2H2. The second kappa shape index (κ2) is 14.9. The summed E-state index contributed by atoms with van der Waals surface area (Å²) in [6.45, 7) is 14.9. The van der Waals surface area contributed by atoms with Gasteiger partial charge in [0.15, 0.2) is 6.29 Å². The molecule has 0 saturated heterocycles. The molecule has 120 valence electrons. The molecule has 1 N–H and O–H groups in total. The summed E-state index contributed by atoms with van der Waals surface area (Å²) in [6, 6.07) is 6.87. The minimum atomic E-state index is -0.462. The molecule has 1 unspecified atom stereocenters. The lowest BCUT2D eigenvalue weighted by molar-refractivity contribution is -0.123. The molecule has 4 nitrogen and oxygen atoms in total. The van der Waals surface area contributed by atoms with Crippen LogP contribution in [0.2, 0.25) is 0 Å². The topological polar surface area (TPSA) is 55.8 Å². The van der Waals surface area contributed by atoms with Gasteiger partial charge in [0.05, 0.1) is 6.10 Å². The molecule has 0 radical (unpaired) electrons. The molecule has 0 aliphatic carbocycles. The zero-order chi connectivity index (χ0) is 16.7. The summed E-state index contributed by atoms with van der Waals surface area (Å²) in [6.07, 6.45) is 0.284. The Morgan fingerprint density at radius 3 is 1.81 bits per heavy atom. The van der Waals surface area contributed by atoms with Crippen molar-refractivity contribution < 1.29 is 19.4 Å². The van der Waals surface area contributed by atoms with Crippen molar-refractivity contribution in [2.24, 2.45) is 0 Å². The van der Waals surface area contributed by atoms with E-state index in [4.69, 9.17) is 14.6 Å². The Kier molecular flexibility index (Phi) is 15.5. The number of aliphatic hydroxyl groups excluding tert-OH is 1. The van der Waals surface area contributed by atoms with Crippen LogP contribution in [0.3, 0.4) is 0 Å². The number of ether oxygens (including phenoxy) is 2. The summed E-state index contributed by atoms with van der Waals surface area (Å²) in [5.41, 5.74) is 1.46. The normalized spacial score (nSPS) is 10.8. The summed E-state index contributed by atoms with van der Waals surface area (Å²) in [5.74, 6) is 0. The highest BCUT2D eigenvalue weighted by molar-refractivity contribution is 5.74. The van der Waals surface area contributed by atoms with Crippen LogP contribution in [0.1, 0.15) is 49.7 Å². The van der Waals surface area contributed by atoms with Gasteiger partial charge in [0.2, 0.25) is 0 Å². The molecule has 1 atom stereocenters. The Morgan fingerprint density at radius 2 is 1.52 bits per heavy atom. The minimum absolute atomic E-state index is 0.0370. The smallest absolute Gasteiger partial charge is 0.154 e. The first-order valence-electron chi connectivity index (χ1n) is 7.01. The molecule has 0 amide bonds. The third kappa shape index (κ3) is 12.0. The molecule has 0 bridgehead atoms. The van der Waals surface area contributed by atoms with Crippen molar-refractivity contribution in [2.75, 3.05) is 13.2 Å². The van der Waals surface area contributed by atoms with Crippen LogP contribution in [0, 0.1) is 0 Å². The molecular formula is C17H28O4. The lowest BCUT2D eigenvalue weighted by Gasteiger charge is -2.09. The van der Waals surface area contributed by atoms with Crippen molar-refractivity contribution in [2.45, 2.75) is 40.1 Å². The largest absolute Gasteiger partial charge is 0.389 e. The zero-order valence-corrected chi connectivity index (χ0v) is 13.5. The monoisotopic (exact) mass is 296 g/mol. The van der Waals surface area contributed by atoms with E-state index >= 15 is 0 Å². The average molecular weight is 296 g/mol. The van der Waals surface area contributed by atoms with Gasteiger partial charge in [-0.15, -0.1) is 13.2 Å². The van der Waals surface area contributed by atoms with Crippen LogP contribution in [0.25, 0.3) is 0 Å². The molecule has 1 aromatic rings. The van der Waals surface area contributed by atoms with Crippen molar-refractivity contribution in [1.29, 1.82) is 0 Å². The van der Waals surface area contributed by atoms with E-state index in [1.54, 1.807) is 31.2 Å². The first kappa shape index (κ1) is 21.8. The van der Waals surface area contributed by atoms with Gasteiger partial charge in [-0.25, -0.2) is 0 Å². The van der Waals surface area contributed by atoms with Gasteiger partial charge in [-0.2, -0.15) is 0 Å². The molecule has 0 heterocycles. The van der Waals surface area contributed by atoms with Gasteiger partial charge < -0.3 is 14.6 Å². The highest BCUT2D eigenvalue weighted by Crippen LogP contribution is 2.11. The first-order chi connectivity index (χ1) is 10.0. The summed E-state index contributed by atoms with van der Waals surface area (Å²) in [4.78, 5) is 10.2. The third-order valence-corrected chi connectivity index (χ3v) is 2.36. The number of carbonyl (C=O) groups excluding carboxylic acids is 1. The van der Waals surface area contributed by atoms with Gasteiger partial charge >= 0.3 is 0 Å². The van der Waals surface area contributed by atoms with Gasteiger partial charge in [0.25, 0.3) is 0 Å². The summed E-state index contributed by atoms with van der Waals surface area (Å²) < 4.78 is 10.1. The van der Waals surface area contributed by atoms with Crippen LogP contribution < -0.4 is 0 Å².